The van der Waals surface area contributed by atoms with E-state index in [2.05, 4.69) is 22.3 Å². The molecule has 2 aromatic carbocycles. The summed E-state index contributed by atoms with van der Waals surface area (Å²) in [5, 5.41) is 8.77. The molecule has 5 rings (SSSR count). The van der Waals surface area contributed by atoms with Crippen molar-refractivity contribution >= 4 is 34.3 Å². The minimum Gasteiger partial charge on any atom is -0.356 e. The number of amides is 2. The molecule has 2 amide bonds. The summed E-state index contributed by atoms with van der Waals surface area (Å²) in [7, 11) is 0. The maximum absolute atomic E-state index is 13.5. The van der Waals surface area contributed by atoms with Crippen molar-refractivity contribution in [2.24, 2.45) is 0 Å². The van der Waals surface area contributed by atoms with Crippen molar-refractivity contribution in [2.45, 2.75) is 37.8 Å². The lowest BCUT2D eigenvalue weighted by molar-refractivity contribution is 0.0731. The summed E-state index contributed by atoms with van der Waals surface area (Å²) in [6.07, 6.45) is 2.56. The molecule has 6 nitrogen and oxygen atoms in total. The highest BCUT2D eigenvalue weighted by atomic mass is 35.5. The second kappa shape index (κ2) is 7.80. The Bertz CT molecular complexity index is 1130. The molecule has 0 spiro atoms. The van der Waals surface area contributed by atoms with Crippen molar-refractivity contribution in [1.29, 1.82) is 0 Å². The third-order valence-electron chi connectivity index (χ3n) is 6.71. The van der Waals surface area contributed by atoms with Gasteiger partial charge in [0, 0.05) is 41.2 Å². The topological polar surface area (TPSA) is 61.6 Å². The molecule has 2 aliphatic rings. The fraction of sp³-hybridized carbons (Fsp3) is 0.391. The van der Waals surface area contributed by atoms with Crippen molar-refractivity contribution in [1.82, 2.24) is 15.4 Å². The third-order valence-corrected chi connectivity index (χ3v) is 6.94. The highest BCUT2D eigenvalue weighted by molar-refractivity contribution is 6.31. The fourth-order valence-electron chi connectivity index (χ4n) is 5.09. The molecule has 2 fully saturated rings. The molecule has 162 valence electrons. The van der Waals surface area contributed by atoms with Crippen molar-refractivity contribution in [3.05, 3.63) is 59.0 Å². The molecule has 31 heavy (non-hydrogen) atoms. The van der Waals surface area contributed by atoms with Crippen LogP contribution in [0.5, 0.6) is 0 Å². The number of benzene rings is 2. The number of rotatable bonds is 4. The van der Waals surface area contributed by atoms with E-state index in [1.54, 1.807) is 6.07 Å². The largest absolute Gasteiger partial charge is 0.356 e. The summed E-state index contributed by atoms with van der Waals surface area (Å²) in [5.74, 6) is -0.0871. The van der Waals surface area contributed by atoms with Crippen molar-refractivity contribution in [3.63, 3.8) is 0 Å². The van der Waals surface area contributed by atoms with Crippen LogP contribution < -0.4 is 10.2 Å². The number of fused-ring (bicyclic) bond motifs is 1. The van der Waals surface area contributed by atoms with Crippen molar-refractivity contribution in [3.8, 4) is 0 Å². The summed E-state index contributed by atoms with van der Waals surface area (Å²) >= 11 is 6.22. The predicted octanol–water partition coefficient (Wildman–Crippen LogP) is 5.14. The number of piperidine rings is 1. The van der Waals surface area contributed by atoms with Gasteiger partial charge in [0.15, 0.2) is 5.58 Å². The number of hydrogen-bond acceptors (Lipinski definition) is 4. The first kappa shape index (κ1) is 20.3. The standard InChI is InChI=1S/C23H24ClFN4O2/c1-2-23(14-26-22(30)29(23)18-5-3-4-16(24)12-18)28-10-8-15(9-11-28)21-19-7-6-17(25)13-20(19)31-27-21/h3-7,12-13,15H,2,8-11,14H2,1H3,(H,26,30). The molecule has 0 bridgehead atoms. The Morgan fingerprint density at radius 1 is 1.26 bits per heavy atom. The molecule has 2 saturated heterocycles. The lowest BCUT2D eigenvalue weighted by atomic mass is 9.89. The monoisotopic (exact) mass is 442 g/mol. The molecular formula is C23H24ClFN4O2. The minimum absolute atomic E-state index is 0.101. The van der Waals surface area contributed by atoms with Gasteiger partial charge in [0.05, 0.1) is 12.2 Å². The summed E-state index contributed by atoms with van der Waals surface area (Å²) in [4.78, 5) is 17.1. The van der Waals surface area contributed by atoms with E-state index in [1.165, 1.54) is 12.1 Å². The van der Waals surface area contributed by atoms with Crippen molar-refractivity contribution < 1.29 is 13.7 Å². The molecule has 8 heteroatoms. The maximum atomic E-state index is 13.5. The molecule has 1 atom stereocenters. The normalized spacial score (nSPS) is 22.9. The van der Waals surface area contributed by atoms with Gasteiger partial charge in [-0.15, -0.1) is 0 Å². The van der Waals surface area contributed by atoms with Crippen molar-refractivity contribution in [2.75, 3.05) is 24.5 Å². The van der Waals surface area contributed by atoms with Crippen LogP contribution in [0.4, 0.5) is 14.9 Å². The van der Waals surface area contributed by atoms with E-state index in [0.717, 1.165) is 49.1 Å². The Labute approximate surface area is 184 Å². The number of carbonyl (C=O) groups excluding carboxylic acids is 1. The van der Waals surface area contributed by atoms with Gasteiger partial charge in [-0.1, -0.05) is 29.7 Å². The lowest BCUT2D eigenvalue weighted by Gasteiger charge is -2.48. The van der Waals surface area contributed by atoms with Crippen LogP contribution in [0.15, 0.2) is 47.0 Å². The van der Waals surface area contributed by atoms with Crippen LogP contribution in [0.25, 0.3) is 11.0 Å². The number of carbonyl (C=O) groups is 1. The zero-order valence-corrected chi connectivity index (χ0v) is 18.0. The van der Waals surface area contributed by atoms with E-state index >= 15 is 0 Å². The SMILES string of the molecule is CCC1(N2CCC(c3noc4cc(F)ccc34)CC2)CNC(=O)N1c1cccc(Cl)c1. The fourth-order valence-corrected chi connectivity index (χ4v) is 5.28. The molecular weight excluding hydrogens is 419 g/mol. The van der Waals surface area contributed by atoms with Crippen LogP contribution in [0.3, 0.4) is 0 Å². The highest BCUT2D eigenvalue weighted by Gasteiger charge is 2.50. The highest BCUT2D eigenvalue weighted by Crippen LogP contribution is 2.39. The first-order valence-electron chi connectivity index (χ1n) is 10.7. The Kier molecular flexibility index (Phi) is 5.10. The average molecular weight is 443 g/mol. The minimum atomic E-state index is -0.443. The third kappa shape index (κ3) is 3.36. The Balaban J connectivity index is 1.39. The number of anilines is 1. The number of aromatic nitrogens is 1. The Hall–Kier alpha value is -2.64. The van der Waals surface area contributed by atoms with Gasteiger partial charge in [-0.25, -0.2) is 9.18 Å². The number of nitrogens with one attached hydrogen (secondary N) is 1. The molecule has 0 radical (unpaired) electrons. The molecule has 2 aliphatic heterocycles. The predicted molar refractivity (Wildman–Crippen MR) is 118 cm³/mol. The van der Waals surface area contributed by atoms with E-state index in [4.69, 9.17) is 16.1 Å². The van der Waals surface area contributed by atoms with Gasteiger partial charge in [0.25, 0.3) is 0 Å². The lowest BCUT2D eigenvalue weighted by Crippen LogP contribution is -2.61. The molecule has 1 aromatic heterocycles. The first-order chi connectivity index (χ1) is 15.0. The number of halogens is 2. The van der Waals surface area contributed by atoms with E-state index in [-0.39, 0.29) is 17.8 Å². The van der Waals surface area contributed by atoms with Gasteiger partial charge in [-0.2, -0.15) is 0 Å². The summed E-state index contributed by atoms with van der Waals surface area (Å²) in [6.45, 7) is 4.31. The van der Waals surface area contributed by atoms with Gasteiger partial charge in [0.1, 0.15) is 11.5 Å². The molecule has 3 aromatic rings. The van der Waals surface area contributed by atoms with Crippen LogP contribution >= 0.6 is 11.6 Å². The first-order valence-corrected chi connectivity index (χ1v) is 11.0. The van der Waals surface area contributed by atoms with Gasteiger partial charge in [-0.3, -0.25) is 9.80 Å². The zero-order valence-electron chi connectivity index (χ0n) is 17.3. The number of likely N-dealkylation sites (tertiary alicyclic amines) is 1. The number of nitrogens with zero attached hydrogens (tertiary/aromatic N) is 3. The summed E-state index contributed by atoms with van der Waals surface area (Å²) in [6, 6.07) is 11.9. The maximum Gasteiger partial charge on any atom is 0.323 e. The molecule has 1 unspecified atom stereocenters. The summed E-state index contributed by atoms with van der Waals surface area (Å²) < 4.78 is 18.9. The smallest absolute Gasteiger partial charge is 0.323 e. The van der Waals surface area contributed by atoms with E-state index in [0.29, 0.717) is 17.2 Å². The van der Waals surface area contributed by atoms with E-state index < -0.39 is 5.66 Å². The molecule has 0 aliphatic carbocycles. The summed E-state index contributed by atoms with van der Waals surface area (Å²) in [5.41, 5.74) is 1.74. The van der Waals surface area contributed by atoms with Gasteiger partial charge >= 0.3 is 6.03 Å². The van der Waals surface area contributed by atoms with E-state index in [1.807, 2.05) is 29.2 Å². The second-order valence-electron chi connectivity index (χ2n) is 8.28. The average Bonchev–Trinajstić information content (AvgIpc) is 3.35. The number of hydrogen-bond donors (Lipinski definition) is 1. The van der Waals surface area contributed by atoms with E-state index in [9.17, 15) is 9.18 Å². The van der Waals surface area contributed by atoms with Gasteiger partial charge < -0.3 is 9.84 Å². The van der Waals surface area contributed by atoms with Crippen LogP contribution in [0.2, 0.25) is 5.02 Å². The van der Waals surface area contributed by atoms with Crippen LogP contribution in [-0.2, 0) is 0 Å². The quantitative estimate of drug-likeness (QED) is 0.608. The Morgan fingerprint density at radius 2 is 2.06 bits per heavy atom. The van der Waals surface area contributed by atoms with Crippen LogP contribution in [0, 0.1) is 5.82 Å². The molecule has 3 heterocycles. The van der Waals surface area contributed by atoms with Gasteiger partial charge in [0.2, 0.25) is 0 Å². The zero-order chi connectivity index (χ0) is 21.6. The van der Waals surface area contributed by atoms with Gasteiger partial charge in [-0.05, 0) is 49.6 Å². The van der Waals surface area contributed by atoms with Crippen LogP contribution in [-0.4, -0.2) is 41.4 Å². The number of urea groups is 1. The molecule has 1 N–H and O–H groups in total. The molecule has 0 saturated carbocycles. The second-order valence-corrected chi connectivity index (χ2v) is 8.72. The van der Waals surface area contributed by atoms with Crippen LogP contribution in [0.1, 0.15) is 37.8 Å². The Morgan fingerprint density at radius 3 is 2.81 bits per heavy atom.